The molecule has 0 atom stereocenters. The summed E-state index contributed by atoms with van der Waals surface area (Å²) in [6, 6.07) is 14.7. The Kier molecular flexibility index (Phi) is 4.24. The van der Waals surface area contributed by atoms with Crippen molar-refractivity contribution in [1.29, 1.82) is 5.26 Å². The number of amides is 1. The Labute approximate surface area is 124 Å². The van der Waals surface area contributed by atoms with Gasteiger partial charge in [-0.05, 0) is 36.8 Å². The van der Waals surface area contributed by atoms with Gasteiger partial charge in [-0.2, -0.15) is 5.26 Å². The van der Waals surface area contributed by atoms with Crippen LogP contribution in [0.1, 0.15) is 27.0 Å². The molecule has 21 heavy (non-hydrogen) atoms. The number of rotatable bonds is 3. The van der Waals surface area contributed by atoms with Gasteiger partial charge in [0.05, 0.1) is 17.2 Å². The normalized spacial score (nSPS) is 9.95. The van der Waals surface area contributed by atoms with Crippen molar-refractivity contribution in [3.05, 3.63) is 64.7 Å². The highest BCUT2D eigenvalue weighted by Crippen LogP contribution is 2.17. The summed E-state index contributed by atoms with van der Waals surface area (Å²) >= 11 is 0. The van der Waals surface area contributed by atoms with Gasteiger partial charge in [-0.3, -0.25) is 4.79 Å². The Balaban J connectivity index is 2.19. The van der Waals surface area contributed by atoms with Crippen LogP contribution in [0.15, 0.2) is 42.5 Å². The van der Waals surface area contributed by atoms with Crippen LogP contribution in [-0.2, 0) is 6.54 Å². The lowest BCUT2D eigenvalue weighted by molar-refractivity contribution is 0.0786. The van der Waals surface area contributed by atoms with Crippen molar-refractivity contribution in [3.63, 3.8) is 0 Å². The Hall–Kier alpha value is -2.80. The third kappa shape index (κ3) is 3.40. The zero-order valence-electron chi connectivity index (χ0n) is 12.1. The zero-order chi connectivity index (χ0) is 15.4. The summed E-state index contributed by atoms with van der Waals surface area (Å²) in [5.41, 5.74) is 9.35. The first kappa shape index (κ1) is 14.6. The predicted octanol–water partition coefficient (Wildman–Crippen LogP) is 2.72. The van der Waals surface area contributed by atoms with Crippen LogP contribution in [0.3, 0.4) is 0 Å². The third-order valence-corrected chi connectivity index (χ3v) is 3.26. The lowest BCUT2D eigenvalue weighted by Crippen LogP contribution is -2.27. The fourth-order valence-corrected chi connectivity index (χ4v) is 2.15. The van der Waals surface area contributed by atoms with Crippen LogP contribution in [0, 0.1) is 18.3 Å². The van der Waals surface area contributed by atoms with E-state index >= 15 is 0 Å². The largest absolute Gasteiger partial charge is 0.398 e. The van der Waals surface area contributed by atoms with Gasteiger partial charge in [-0.1, -0.05) is 23.8 Å². The quantitative estimate of drug-likeness (QED) is 0.878. The predicted molar refractivity (Wildman–Crippen MR) is 82.5 cm³/mol. The maximum absolute atomic E-state index is 12.5. The van der Waals surface area contributed by atoms with Crippen LogP contribution < -0.4 is 5.73 Å². The molecule has 4 heteroatoms. The molecule has 0 unspecified atom stereocenters. The molecule has 0 heterocycles. The van der Waals surface area contributed by atoms with E-state index in [1.165, 1.54) is 0 Å². The highest BCUT2D eigenvalue weighted by molar-refractivity contribution is 5.99. The maximum Gasteiger partial charge on any atom is 0.255 e. The molecule has 2 rings (SSSR count). The molecule has 0 aliphatic rings. The Morgan fingerprint density at radius 2 is 2.05 bits per heavy atom. The highest BCUT2D eigenvalue weighted by atomic mass is 16.2. The molecular formula is C17H17N3O. The number of carbonyl (C=O) groups is 1. The molecule has 0 saturated heterocycles. The van der Waals surface area contributed by atoms with Gasteiger partial charge in [0.2, 0.25) is 0 Å². The number of hydrogen-bond acceptors (Lipinski definition) is 3. The number of aryl methyl sites for hydroxylation is 1. The van der Waals surface area contributed by atoms with Crippen LogP contribution >= 0.6 is 0 Å². The van der Waals surface area contributed by atoms with Crippen molar-refractivity contribution in [2.75, 3.05) is 12.8 Å². The molecule has 1 amide bonds. The molecule has 0 aliphatic carbocycles. The van der Waals surface area contributed by atoms with Crippen LogP contribution in [0.2, 0.25) is 0 Å². The van der Waals surface area contributed by atoms with Gasteiger partial charge in [-0.25, -0.2) is 0 Å². The number of carbonyl (C=O) groups excluding carboxylic acids is 1. The van der Waals surface area contributed by atoms with Crippen molar-refractivity contribution in [3.8, 4) is 6.07 Å². The molecule has 2 aromatic rings. The monoisotopic (exact) mass is 279 g/mol. The molecule has 2 N–H and O–H groups in total. The molecule has 0 bridgehead atoms. The van der Waals surface area contributed by atoms with Gasteiger partial charge in [0, 0.05) is 19.3 Å². The molecule has 0 fully saturated rings. The molecule has 2 aromatic carbocycles. The van der Waals surface area contributed by atoms with Crippen molar-refractivity contribution in [1.82, 2.24) is 4.90 Å². The Morgan fingerprint density at radius 3 is 2.76 bits per heavy atom. The van der Waals surface area contributed by atoms with Crippen LogP contribution in [-0.4, -0.2) is 17.9 Å². The lowest BCUT2D eigenvalue weighted by atomic mass is 10.1. The number of nitrogens with zero attached hydrogens (tertiary/aromatic N) is 2. The van der Waals surface area contributed by atoms with Gasteiger partial charge >= 0.3 is 0 Å². The standard InChI is InChI=1S/C17H17N3O/c1-12-6-7-16(19)15(8-12)17(21)20(2)11-14-5-3-4-13(9-14)10-18/h3-9H,11,19H2,1-2H3. The SMILES string of the molecule is Cc1ccc(N)c(C(=O)N(C)Cc2cccc(C#N)c2)c1. The summed E-state index contributed by atoms with van der Waals surface area (Å²) in [6.07, 6.45) is 0. The van der Waals surface area contributed by atoms with E-state index in [9.17, 15) is 4.79 Å². The van der Waals surface area contributed by atoms with Gasteiger partial charge in [0.15, 0.2) is 0 Å². The number of nitrogens with two attached hydrogens (primary N) is 1. The van der Waals surface area contributed by atoms with Gasteiger partial charge < -0.3 is 10.6 Å². The van der Waals surface area contributed by atoms with Crippen molar-refractivity contribution in [2.45, 2.75) is 13.5 Å². The number of nitrogen functional groups attached to an aromatic ring is 1. The first-order chi connectivity index (χ1) is 10.0. The third-order valence-electron chi connectivity index (χ3n) is 3.26. The summed E-state index contributed by atoms with van der Waals surface area (Å²) in [7, 11) is 1.73. The average molecular weight is 279 g/mol. The van der Waals surface area contributed by atoms with Crippen LogP contribution in [0.25, 0.3) is 0 Å². The summed E-state index contributed by atoms with van der Waals surface area (Å²) in [5, 5.41) is 8.90. The minimum absolute atomic E-state index is 0.126. The number of benzene rings is 2. The number of nitriles is 1. The van der Waals surface area contributed by atoms with Crippen LogP contribution in [0.5, 0.6) is 0 Å². The van der Waals surface area contributed by atoms with E-state index in [4.69, 9.17) is 11.0 Å². The highest BCUT2D eigenvalue weighted by Gasteiger charge is 2.15. The molecule has 0 spiro atoms. The Bertz CT molecular complexity index is 716. The fraction of sp³-hybridized carbons (Fsp3) is 0.176. The molecule has 0 saturated carbocycles. The lowest BCUT2D eigenvalue weighted by Gasteiger charge is -2.18. The second kappa shape index (κ2) is 6.10. The molecule has 0 radical (unpaired) electrons. The number of hydrogen-bond donors (Lipinski definition) is 1. The summed E-state index contributed by atoms with van der Waals surface area (Å²) in [5.74, 6) is -0.126. The molecule has 0 aromatic heterocycles. The van der Waals surface area contributed by atoms with E-state index in [0.717, 1.165) is 11.1 Å². The van der Waals surface area contributed by atoms with Gasteiger partial charge in [0.1, 0.15) is 0 Å². The Morgan fingerprint density at radius 1 is 1.29 bits per heavy atom. The van der Waals surface area contributed by atoms with E-state index in [1.807, 2.05) is 25.1 Å². The second-order valence-corrected chi connectivity index (χ2v) is 5.06. The molecule has 0 aliphatic heterocycles. The van der Waals surface area contributed by atoms with E-state index < -0.39 is 0 Å². The average Bonchev–Trinajstić information content (AvgIpc) is 2.49. The zero-order valence-corrected chi connectivity index (χ0v) is 12.1. The topological polar surface area (TPSA) is 70.1 Å². The smallest absolute Gasteiger partial charge is 0.255 e. The molecule has 106 valence electrons. The summed E-state index contributed by atoms with van der Waals surface area (Å²) in [4.78, 5) is 14.1. The minimum Gasteiger partial charge on any atom is -0.398 e. The molecular weight excluding hydrogens is 262 g/mol. The molecule has 4 nitrogen and oxygen atoms in total. The van der Waals surface area contributed by atoms with Crippen molar-refractivity contribution in [2.24, 2.45) is 0 Å². The van der Waals surface area contributed by atoms with Crippen molar-refractivity contribution < 1.29 is 4.79 Å². The van der Waals surface area contributed by atoms with Crippen molar-refractivity contribution >= 4 is 11.6 Å². The summed E-state index contributed by atoms with van der Waals surface area (Å²) in [6.45, 7) is 2.36. The van der Waals surface area contributed by atoms with Gasteiger partial charge in [0.25, 0.3) is 5.91 Å². The minimum atomic E-state index is -0.126. The first-order valence-electron chi connectivity index (χ1n) is 6.62. The first-order valence-corrected chi connectivity index (χ1v) is 6.62. The second-order valence-electron chi connectivity index (χ2n) is 5.06. The number of anilines is 1. The van der Waals surface area contributed by atoms with E-state index in [1.54, 1.807) is 36.2 Å². The maximum atomic E-state index is 12.5. The summed E-state index contributed by atoms with van der Waals surface area (Å²) < 4.78 is 0. The van der Waals surface area contributed by atoms with Gasteiger partial charge in [-0.15, -0.1) is 0 Å². The fourth-order valence-electron chi connectivity index (χ4n) is 2.15. The van der Waals surface area contributed by atoms with E-state index in [2.05, 4.69) is 6.07 Å². The van der Waals surface area contributed by atoms with E-state index in [0.29, 0.717) is 23.4 Å². The van der Waals surface area contributed by atoms with Crippen LogP contribution in [0.4, 0.5) is 5.69 Å². The van der Waals surface area contributed by atoms with E-state index in [-0.39, 0.29) is 5.91 Å².